The largest absolute Gasteiger partial charge is 0.382 e. The van der Waals surface area contributed by atoms with Crippen LogP contribution in [0.15, 0.2) is 11.2 Å². The first kappa shape index (κ1) is 9.77. The number of nitrogens with zero attached hydrogens (tertiary/aromatic N) is 3. The van der Waals surface area contributed by atoms with Crippen LogP contribution in [0.25, 0.3) is 0 Å². The standard InChI is InChI=1S/C9H16N4/c1-7(2)5-13-6-8(4-11-3)9(10)12-13/h4,6-7H,5H2,1-3H3,(H2,10,12). The molecule has 0 saturated heterocycles. The van der Waals surface area contributed by atoms with E-state index >= 15 is 0 Å². The SMILES string of the molecule is CN=Cc1cn(CC(C)C)nc1N. The Morgan fingerprint density at radius 2 is 2.38 bits per heavy atom. The highest BCUT2D eigenvalue weighted by molar-refractivity contribution is 5.84. The van der Waals surface area contributed by atoms with Gasteiger partial charge in [0.15, 0.2) is 5.82 Å². The zero-order valence-electron chi connectivity index (χ0n) is 8.36. The van der Waals surface area contributed by atoms with Crippen molar-refractivity contribution in [3.8, 4) is 0 Å². The summed E-state index contributed by atoms with van der Waals surface area (Å²) in [5.74, 6) is 1.12. The second kappa shape index (κ2) is 4.07. The number of nitrogens with two attached hydrogens (primary N) is 1. The summed E-state index contributed by atoms with van der Waals surface area (Å²) in [5.41, 5.74) is 6.57. The number of nitrogen functional groups attached to an aromatic ring is 1. The Kier molecular flexibility index (Phi) is 3.06. The minimum Gasteiger partial charge on any atom is -0.382 e. The molecule has 0 aliphatic carbocycles. The van der Waals surface area contributed by atoms with E-state index in [1.165, 1.54) is 0 Å². The van der Waals surface area contributed by atoms with Crippen molar-refractivity contribution in [1.82, 2.24) is 9.78 Å². The molecule has 4 heteroatoms. The minimum absolute atomic E-state index is 0.547. The fraction of sp³-hybridized carbons (Fsp3) is 0.556. The number of hydrogen-bond donors (Lipinski definition) is 1. The van der Waals surface area contributed by atoms with Gasteiger partial charge in [0.25, 0.3) is 0 Å². The van der Waals surface area contributed by atoms with Gasteiger partial charge in [0, 0.05) is 26.0 Å². The average Bonchev–Trinajstić information content (AvgIpc) is 2.31. The van der Waals surface area contributed by atoms with Gasteiger partial charge >= 0.3 is 0 Å². The van der Waals surface area contributed by atoms with Crippen LogP contribution < -0.4 is 5.73 Å². The first-order valence-electron chi connectivity index (χ1n) is 4.38. The lowest BCUT2D eigenvalue weighted by atomic mass is 10.2. The quantitative estimate of drug-likeness (QED) is 0.710. The predicted molar refractivity (Wildman–Crippen MR) is 55.0 cm³/mol. The highest BCUT2D eigenvalue weighted by Crippen LogP contribution is 2.07. The molecule has 1 rings (SSSR count). The van der Waals surface area contributed by atoms with E-state index in [4.69, 9.17) is 5.73 Å². The maximum Gasteiger partial charge on any atom is 0.154 e. The molecule has 2 N–H and O–H groups in total. The molecule has 13 heavy (non-hydrogen) atoms. The summed E-state index contributed by atoms with van der Waals surface area (Å²) in [6, 6.07) is 0. The number of anilines is 1. The summed E-state index contributed by atoms with van der Waals surface area (Å²) in [7, 11) is 1.72. The lowest BCUT2D eigenvalue weighted by Gasteiger charge is -2.02. The number of rotatable bonds is 3. The van der Waals surface area contributed by atoms with Crippen molar-refractivity contribution < 1.29 is 0 Å². The van der Waals surface area contributed by atoms with Crippen molar-refractivity contribution in [2.45, 2.75) is 20.4 Å². The molecule has 0 spiro atoms. The molecule has 0 bridgehead atoms. The van der Waals surface area contributed by atoms with E-state index in [1.54, 1.807) is 13.3 Å². The van der Waals surface area contributed by atoms with Crippen LogP contribution in [-0.2, 0) is 6.54 Å². The normalized spacial score (nSPS) is 11.7. The van der Waals surface area contributed by atoms with Crippen LogP contribution in [0.2, 0.25) is 0 Å². The van der Waals surface area contributed by atoms with E-state index in [0.717, 1.165) is 12.1 Å². The summed E-state index contributed by atoms with van der Waals surface area (Å²) < 4.78 is 1.86. The molecular formula is C9H16N4. The Balaban J connectivity index is 2.82. The molecular weight excluding hydrogens is 164 g/mol. The monoisotopic (exact) mass is 180 g/mol. The summed E-state index contributed by atoms with van der Waals surface area (Å²) in [6.45, 7) is 5.18. The van der Waals surface area contributed by atoms with Crippen LogP contribution in [0.3, 0.4) is 0 Å². The average molecular weight is 180 g/mol. The number of hydrogen-bond acceptors (Lipinski definition) is 3. The van der Waals surface area contributed by atoms with Crippen molar-refractivity contribution in [1.29, 1.82) is 0 Å². The molecule has 0 saturated carbocycles. The number of aromatic nitrogens is 2. The Hall–Kier alpha value is -1.32. The van der Waals surface area contributed by atoms with Gasteiger partial charge in [-0.1, -0.05) is 13.8 Å². The number of aliphatic imine (C=N–C) groups is 1. The molecule has 0 aliphatic rings. The summed E-state index contributed by atoms with van der Waals surface area (Å²) >= 11 is 0. The highest BCUT2D eigenvalue weighted by Gasteiger charge is 2.03. The topological polar surface area (TPSA) is 56.2 Å². The smallest absolute Gasteiger partial charge is 0.154 e. The van der Waals surface area contributed by atoms with Crippen molar-refractivity contribution in [3.63, 3.8) is 0 Å². The van der Waals surface area contributed by atoms with Gasteiger partial charge in [-0.2, -0.15) is 5.10 Å². The Morgan fingerprint density at radius 1 is 1.69 bits per heavy atom. The molecule has 0 unspecified atom stereocenters. The fourth-order valence-corrected chi connectivity index (χ4v) is 1.16. The van der Waals surface area contributed by atoms with Crippen LogP contribution in [-0.4, -0.2) is 23.0 Å². The summed E-state index contributed by atoms with van der Waals surface area (Å²) in [5, 5.41) is 4.17. The second-order valence-electron chi connectivity index (χ2n) is 3.47. The van der Waals surface area contributed by atoms with Gasteiger partial charge in [-0.15, -0.1) is 0 Å². The molecule has 0 aliphatic heterocycles. The molecule has 1 heterocycles. The Bertz CT molecular complexity index is 299. The minimum atomic E-state index is 0.547. The van der Waals surface area contributed by atoms with Gasteiger partial charge in [0.1, 0.15) is 0 Å². The first-order valence-corrected chi connectivity index (χ1v) is 4.38. The fourth-order valence-electron chi connectivity index (χ4n) is 1.16. The lowest BCUT2D eigenvalue weighted by molar-refractivity contribution is 0.484. The van der Waals surface area contributed by atoms with Gasteiger partial charge < -0.3 is 5.73 Å². The zero-order chi connectivity index (χ0) is 9.84. The van der Waals surface area contributed by atoms with Crippen molar-refractivity contribution >= 4 is 12.0 Å². The molecule has 0 aromatic carbocycles. The Morgan fingerprint density at radius 3 is 2.92 bits per heavy atom. The van der Waals surface area contributed by atoms with E-state index in [1.807, 2.05) is 10.9 Å². The molecule has 72 valence electrons. The Labute approximate surface area is 78.5 Å². The predicted octanol–water partition coefficient (Wildman–Crippen LogP) is 1.17. The van der Waals surface area contributed by atoms with Crippen LogP contribution >= 0.6 is 0 Å². The summed E-state index contributed by atoms with van der Waals surface area (Å²) in [4.78, 5) is 3.90. The first-order chi connectivity index (χ1) is 6.13. The highest BCUT2D eigenvalue weighted by atomic mass is 15.3. The van der Waals surface area contributed by atoms with Crippen LogP contribution in [0.5, 0.6) is 0 Å². The van der Waals surface area contributed by atoms with Gasteiger partial charge in [-0.3, -0.25) is 9.67 Å². The third kappa shape index (κ3) is 2.57. The summed E-state index contributed by atoms with van der Waals surface area (Å²) in [6.07, 6.45) is 3.64. The third-order valence-corrected chi connectivity index (χ3v) is 1.64. The van der Waals surface area contributed by atoms with Gasteiger partial charge in [-0.05, 0) is 5.92 Å². The molecule has 1 aromatic heterocycles. The van der Waals surface area contributed by atoms with E-state index < -0.39 is 0 Å². The van der Waals surface area contributed by atoms with Crippen molar-refractivity contribution in [2.24, 2.45) is 10.9 Å². The maximum atomic E-state index is 5.68. The van der Waals surface area contributed by atoms with E-state index in [-0.39, 0.29) is 0 Å². The van der Waals surface area contributed by atoms with Crippen LogP contribution in [0, 0.1) is 5.92 Å². The molecule has 1 aromatic rings. The molecule has 0 amide bonds. The second-order valence-corrected chi connectivity index (χ2v) is 3.47. The van der Waals surface area contributed by atoms with Crippen molar-refractivity contribution in [2.75, 3.05) is 12.8 Å². The molecule has 0 fully saturated rings. The maximum absolute atomic E-state index is 5.68. The third-order valence-electron chi connectivity index (χ3n) is 1.64. The molecule has 4 nitrogen and oxygen atoms in total. The van der Waals surface area contributed by atoms with E-state index in [2.05, 4.69) is 23.9 Å². The van der Waals surface area contributed by atoms with Crippen LogP contribution in [0.4, 0.5) is 5.82 Å². The van der Waals surface area contributed by atoms with E-state index in [0.29, 0.717) is 11.7 Å². The van der Waals surface area contributed by atoms with Gasteiger partial charge in [0.2, 0.25) is 0 Å². The zero-order valence-corrected chi connectivity index (χ0v) is 8.36. The van der Waals surface area contributed by atoms with E-state index in [9.17, 15) is 0 Å². The van der Waals surface area contributed by atoms with Gasteiger partial charge in [0.05, 0.1) is 5.56 Å². The van der Waals surface area contributed by atoms with Gasteiger partial charge in [-0.25, -0.2) is 0 Å². The molecule has 0 radical (unpaired) electrons. The lowest BCUT2D eigenvalue weighted by Crippen LogP contribution is -2.04. The van der Waals surface area contributed by atoms with Crippen LogP contribution in [0.1, 0.15) is 19.4 Å². The van der Waals surface area contributed by atoms with Crippen molar-refractivity contribution in [3.05, 3.63) is 11.8 Å². The molecule has 0 atom stereocenters.